The highest BCUT2D eigenvalue weighted by Crippen LogP contribution is 2.17. The first kappa shape index (κ1) is 77.3. The van der Waals surface area contributed by atoms with Gasteiger partial charge in [-0.2, -0.15) is 0 Å². The number of ether oxygens (including phenoxy) is 3. The summed E-state index contributed by atoms with van der Waals surface area (Å²) in [6, 6.07) is 0. The summed E-state index contributed by atoms with van der Waals surface area (Å²) >= 11 is 0. The lowest BCUT2D eigenvalue weighted by atomic mass is 10.0. The molecule has 0 aromatic rings. The Morgan fingerprint density at radius 2 is 0.481 bits per heavy atom. The highest BCUT2D eigenvalue weighted by molar-refractivity contribution is 5.71. The van der Waals surface area contributed by atoms with Crippen LogP contribution >= 0.6 is 0 Å². The monoisotopic (exact) mass is 1130 g/mol. The van der Waals surface area contributed by atoms with Crippen molar-refractivity contribution in [3.05, 3.63) is 97.2 Å². The average Bonchev–Trinajstić information content (AvgIpc) is 3.47. The molecule has 0 N–H and O–H groups in total. The molecule has 0 rings (SSSR count). The zero-order chi connectivity index (χ0) is 58.5. The van der Waals surface area contributed by atoms with E-state index in [1.54, 1.807) is 0 Å². The summed E-state index contributed by atoms with van der Waals surface area (Å²) in [6.07, 6.45) is 92.8. The number of allylic oxidation sites excluding steroid dienone is 16. The van der Waals surface area contributed by atoms with E-state index in [0.717, 1.165) is 103 Å². The predicted octanol–water partition coefficient (Wildman–Crippen LogP) is 24.0. The lowest BCUT2D eigenvalue weighted by molar-refractivity contribution is -0.167. The number of carbonyl (C=O) groups is 3. The molecule has 0 bridgehead atoms. The maximum absolute atomic E-state index is 13.0. The molecule has 1 atom stereocenters. The van der Waals surface area contributed by atoms with Gasteiger partial charge in [-0.15, -0.1) is 0 Å². The molecule has 6 nitrogen and oxygen atoms in total. The van der Waals surface area contributed by atoms with Crippen LogP contribution in [-0.2, 0) is 28.6 Å². The first-order valence-corrected chi connectivity index (χ1v) is 34.7. The van der Waals surface area contributed by atoms with Crippen LogP contribution in [0.5, 0.6) is 0 Å². The van der Waals surface area contributed by atoms with Crippen molar-refractivity contribution in [1.29, 1.82) is 0 Å². The number of hydrogen-bond acceptors (Lipinski definition) is 6. The molecule has 0 radical (unpaired) electrons. The Hall–Kier alpha value is -3.67. The van der Waals surface area contributed by atoms with Gasteiger partial charge in [0.15, 0.2) is 6.10 Å². The molecule has 0 amide bonds. The van der Waals surface area contributed by atoms with Crippen LogP contribution in [0.4, 0.5) is 0 Å². The van der Waals surface area contributed by atoms with E-state index in [0.29, 0.717) is 19.3 Å². The second-order valence-electron chi connectivity index (χ2n) is 23.1. The molecule has 81 heavy (non-hydrogen) atoms. The van der Waals surface area contributed by atoms with Crippen molar-refractivity contribution in [1.82, 2.24) is 0 Å². The van der Waals surface area contributed by atoms with Crippen molar-refractivity contribution in [3.63, 3.8) is 0 Å². The van der Waals surface area contributed by atoms with Gasteiger partial charge in [-0.25, -0.2) is 0 Å². The summed E-state index contributed by atoms with van der Waals surface area (Å²) in [4.78, 5) is 38.4. The van der Waals surface area contributed by atoms with Crippen molar-refractivity contribution in [2.24, 2.45) is 0 Å². The molecule has 0 aromatic heterocycles. The van der Waals surface area contributed by atoms with Gasteiger partial charge in [-0.05, 0) is 122 Å². The molecular formula is C75H130O6. The van der Waals surface area contributed by atoms with Crippen molar-refractivity contribution < 1.29 is 28.6 Å². The Bertz CT molecular complexity index is 1580. The zero-order valence-corrected chi connectivity index (χ0v) is 53.5. The maximum atomic E-state index is 13.0. The Labute approximate surface area is 502 Å². The number of rotatable bonds is 63. The van der Waals surface area contributed by atoms with Gasteiger partial charge in [-0.1, -0.05) is 298 Å². The Morgan fingerprint density at radius 1 is 0.259 bits per heavy atom. The molecule has 0 heterocycles. The smallest absolute Gasteiger partial charge is 0.306 e. The third-order valence-electron chi connectivity index (χ3n) is 15.0. The predicted molar refractivity (Wildman–Crippen MR) is 353 cm³/mol. The molecule has 0 fully saturated rings. The van der Waals surface area contributed by atoms with Crippen LogP contribution in [0.25, 0.3) is 0 Å². The van der Waals surface area contributed by atoms with Crippen LogP contribution in [0.3, 0.4) is 0 Å². The summed E-state index contributed by atoms with van der Waals surface area (Å²) in [5, 5.41) is 0. The van der Waals surface area contributed by atoms with Crippen LogP contribution in [0.2, 0.25) is 0 Å². The highest BCUT2D eigenvalue weighted by Gasteiger charge is 2.19. The van der Waals surface area contributed by atoms with E-state index in [9.17, 15) is 14.4 Å². The third-order valence-corrected chi connectivity index (χ3v) is 15.0. The van der Waals surface area contributed by atoms with Gasteiger partial charge in [0.1, 0.15) is 13.2 Å². The topological polar surface area (TPSA) is 78.9 Å². The lowest BCUT2D eigenvalue weighted by Gasteiger charge is -2.18. The molecule has 6 heteroatoms. The van der Waals surface area contributed by atoms with Gasteiger partial charge >= 0.3 is 17.9 Å². The standard InChI is InChI=1S/C75H130O6/c1-4-7-10-13-16-19-22-25-28-30-32-34-35-36-37-38-39-41-42-44-47-50-53-56-59-62-65-68-74(77)80-71-72(70-79-73(76)67-64-61-58-55-52-49-46-27-24-21-18-15-12-9-6-3)81-75(78)69-66-63-60-57-54-51-48-45-43-40-33-31-29-26-23-20-17-14-11-8-5-2/h7,10,16,19,23,25-28,31-34,36-37,46,72H,4-6,8-9,11-15,17-18,20-22,24,29-30,35,38-45,47-71H2,1-3H3/b10-7-,19-16-,26-23-,28-25-,33-31-,34-32-,37-36-,46-27-. The van der Waals surface area contributed by atoms with Crippen molar-refractivity contribution in [2.45, 2.75) is 348 Å². The first-order valence-electron chi connectivity index (χ1n) is 34.7. The Balaban J connectivity index is 4.34. The number of unbranched alkanes of at least 4 members (excludes halogenated alkanes) is 36. The Morgan fingerprint density at radius 3 is 0.765 bits per heavy atom. The van der Waals surface area contributed by atoms with Crippen LogP contribution in [0.15, 0.2) is 97.2 Å². The summed E-state index contributed by atoms with van der Waals surface area (Å²) in [5.74, 6) is -0.882. The number of carbonyl (C=O) groups excluding carboxylic acids is 3. The molecule has 0 aliphatic rings. The summed E-state index contributed by atoms with van der Waals surface area (Å²) in [6.45, 7) is 6.54. The van der Waals surface area contributed by atoms with Crippen molar-refractivity contribution in [2.75, 3.05) is 13.2 Å². The molecule has 0 aromatic carbocycles. The van der Waals surface area contributed by atoms with E-state index in [1.807, 2.05) is 0 Å². The number of esters is 3. The molecule has 0 aliphatic heterocycles. The van der Waals surface area contributed by atoms with Gasteiger partial charge < -0.3 is 14.2 Å². The fourth-order valence-corrected chi connectivity index (χ4v) is 9.85. The van der Waals surface area contributed by atoms with Gasteiger partial charge in [0.2, 0.25) is 0 Å². The molecule has 0 saturated heterocycles. The quantitative estimate of drug-likeness (QED) is 0.0261. The molecule has 0 saturated carbocycles. The van der Waals surface area contributed by atoms with Gasteiger partial charge in [-0.3, -0.25) is 14.4 Å². The van der Waals surface area contributed by atoms with E-state index in [-0.39, 0.29) is 31.1 Å². The summed E-state index contributed by atoms with van der Waals surface area (Å²) in [7, 11) is 0. The van der Waals surface area contributed by atoms with Crippen molar-refractivity contribution in [3.8, 4) is 0 Å². The van der Waals surface area contributed by atoms with E-state index < -0.39 is 6.10 Å². The highest BCUT2D eigenvalue weighted by atomic mass is 16.6. The minimum Gasteiger partial charge on any atom is -0.462 e. The molecule has 0 spiro atoms. The van der Waals surface area contributed by atoms with Crippen LogP contribution in [0.1, 0.15) is 342 Å². The van der Waals surface area contributed by atoms with E-state index in [2.05, 4.69) is 118 Å². The minimum absolute atomic E-state index is 0.0818. The summed E-state index contributed by atoms with van der Waals surface area (Å²) in [5.41, 5.74) is 0. The maximum Gasteiger partial charge on any atom is 0.306 e. The van der Waals surface area contributed by atoms with Gasteiger partial charge in [0.25, 0.3) is 0 Å². The van der Waals surface area contributed by atoms with Gasteiger partial charge in [0, 0.05) is 19.3 Å². The zero-order valence-electron chi connectivity index (χ0n) is 53.5. The van der Waals surface area contributed by atoms with Crippen molar-refractivity contribution >= 4 is 17.9 Å². The first-order chi connectivity index (χ1) is 40.0. The lowest BCUT2D eigenvalue weighted by Crippen LogP contribution is -2.30. The Kier molecular flexibility index (Phi) is 65.7. The SMILES string of the molecule is CC/C=C\C/C=C\C/C=C\C/C=C\C/C=C\CCCCCCCCCCCCCC(=O)OCC(COC(=O)CCCCCCC/C=C\CCCCCCCC)OC(=O)CCCCCCCCCCC/C=C\C/C=C\CCCCCCC. The van der Waals surface area contributed by atoms with E-state index in [4.69, 9.17) is 14.2 Å². The van der Waals surface area contributed by atoms with Crippen LogP contribution < -0.4 is 0 Å². The van der Waals surface area contributed by atoms with E-state index in [1.165, 1.54) is 199 Å². The molecule has 466 valence electrons. The van der Waals surface area contributed by atoms with E-state index >= 15 is 0 Å². The van der Waals surface area contributed by atoms with Gasteiger partial charge in [0.05, 0.1) is 0 Å². The molecule has 1 unspecified atom stereocenters. The fraction of sp³-hybridized carbons (Fsp3) is 0.747. The molecular weight excluding hydrogens is 997 g/mol. The largest absolute Gasteiger partial charge is 0.462 e. The average molecular weight is 1130 g/mol. The molecule has 0 aliphatic carbocycles. The second kappa shape index (κ2) is 68.8. The fourth-order valence-electron chi connectivity index (χ4n) is 9.85. The van der Waals surface area contributed by atoms with Crippen LogP contribution in [-0.4, -0.2) is 37.2 Å². The second-order valence-corrected chi connectivity index (χ2v) is 23.1. The third kappa shape index (κ3) is 67.0. The normalized spacial score (nSPS) is 12.7. The minimum atomic E-state index is -0.786. The summed E-state index contributed by atoms with van der Waals surface area (Å²) < 4.78 is 17.0. The van der Waals surface area contributed by atoms with Crippen LogP contribution in [0, 0.1) is 0 Å². The number of hydrogen-bond donors (Lipinski definition) is 0.